The van der Waals surface area contributed by atoms with Crippen LogP contribution in [0, 0.1) is 6.92 Å². The Labute approximate surface area is 131 Å². The Bertz CT molecular complexity index is 807. The molecule has 0 fully saturated rings. The smallest absolute Gasteiger partial charge is 0.274 e. The van der Waals surface area contributed by atoms with Gasteiger partial charge in [-0.3, -0.25) is 9.78 Å². The molecule has 1 aromatic heterocycles. The molecule has 1 aromatic carbocycles. The Balaban J connectivity index is 2.29. The van der Waals surface area contributed by atoms with Gasteiger partial charge in [-0.2, -0.15) is 0 Å². The number of amides is 1. The summed E-state index contributed by atoms with van der Waals surface area (Å²) < 4.78 is 22.4. The van der Waals surface area contributed by atoms with Crippen LogP contribution in [0.5, 0.6) is 0 Å². The molecule has 2 aromatic rings. The molecule has 1 heterocycles. The summed E-state index contributed by atoms with van der Waals surface area (Å²) >= 11 is 5.95. The fraction of sp³-hybridized carbons (Fsp3) is 0.0769. The molecule has 5 nitrogen and oxygen atoms in total. The van der Waals surface area contributed by atoms with Crippen molar-refractivity contribution in [2.75, 3.05) is 5.32 Å². The highest BCUT2D eigenvalue weighted by Crippen LogP contribution is 2.27. The highest BCUT2D eigenvalue weighted by molar-refractivity contribution is 8.13. The molecule has 0 radical (unpaired) electrons. The minimum absolute atomic E-state index is 0.0682. The van der Waals surface area contributed by atoms with E-state index in [0.717, 1.165) is 0 Å². The van der Waals surface area contributed by atoms with Gasteiger partial charge < -0.3 is 5.32 Å². The van der Waals surface area contributed by atoms with Gasteiger partial charge in [-0.25, -0.2) is 8.42 Å². The topological polar surface area (TPSA) is 76.1 Å². The predicted molar refractivity (Wildman–Crippen MR) is 81.4 cm³/mol. The standard InChI is InChI=1S/C13H10Cl2N2O3S/c1-8-3-2-6-16-12(8)13(18)17-11-5-4-9(7-10(11)14)21(15,19)20/h2-7H,1H3,(H,17,18). The second-order valence-corrected chi connectivity index (χ2v) is 7.18. The normalized spacial score (nSPS) is 11.2. The third-order valence-electron chi connectivity index (χ3n) is 2.69. The average Bonchev–Trinajstić information content (AvgIpc) is 2.40. The minimum Gasteiger partial charge on any atom is -0.319 e. The van der Waals surface area contributed by atoms with Gasteiger partial charge in [0, 0.05) is 16.9 Å². The van der Waals surface area contributed by atoms with Gasteiger partial charge in [-0.05, 0) is 36.8 Å². The van der Waals surface area contributed by atoms with Gasteiger partial charge in [-0.1, -0.05) is 17.7 Å². The van der Waals surface area contributed by atoms with Crippen LogP contribution in [0.3, 0.4) is 0 Å². The quantitative estimate of drug-likeness (QED) is 0.867. The van der Waals surface area contributed by atoms with E-state index >= 15 is 0 Å². The lowest BCUT2D eigenvalue weighted by molar-refractivity contribution is 0.102. The molecule has 0 saturated carbocycles. The molecule has 0 unspecified atom stereocenters. The highest BCUT2D eigenvalue weighted by Gasteiger charge is 2.15. The molecule has 0 aliphatic rings. The Hall–Kier alpha value is -1.63. The van der Waals surface area contributed by atoms with Crippen LogP contribution in [0.2, 0.25) is 5.02 Å². The number of benzene rings is 1. The molecule has 8 heteroatoms. The van der Waals surface area contributed by atoms with E-state index in [2.05, 4.69) is 10.3 Å². The Morgan fingerprint density at radius 2 is 2.00 bits per heavy atom. The molecular formula is C13H10Cl2N2O3S. The number of aromatic nitrogens is 1. The van der Waals surface area contributed by atoms with Crippen LogP contribution in [-0.2, 0) is 9.05 Å². The molecular weight excluding hydrogens is 335 g/mol. The zero-order chi connectivity index (χ0) is 15.6. The summed E-state index contributed by atoms with van der Waals surface area (Å²) in [5.74, 6) is -0.434. The van der Waals surface area contributed by atoms with E-state index in [-0.39, 0.29) is 21.3 Å². The number of rotatable bonds is 3. The predicted octanol–water partition coefficient (Wildman–Crippen LogP) is 3.22. The number of halogens is 2. The van der Waals surface area contributed by atoms with Gasteiger partial charge in [0.1, 0.15) is 5.69 Å². The molecule has 1 amide bonds. The van der Waals surface area contributed by atoms with Crippen LogP contribution >= 0.6 is 22.3 Å². The van der Waals surface area contributed by atoms with E-state index in [9.17, 15) is 13.2 Å². The maximum absolute atomic E-state index is 12.1. The lowest BCUT2D eigenvalue weighted by Gasteiger charge is -2.09. The maximum Gasteiger partial charge on any atom is 0.274 e. The van der Waals surface area contributed by atoms with Crippen LogP contribution in [0.4, 0.5) is 5.69 Å². The monoisotopic (exact) mass is 344 g/mol. The van der Waals surface area contributed by atoms with Crippen LogP contribution in [0.1, 0.15) is 16.1 Å². The second kappa shape index (κ2) is 6.01. The number of hydrogen-bond donors (Lipinski definition) is 1. The third-order valence-corrected chi connectivity index (χ3v) is 4.36. The van der Waals surface area contributed by atoms with E-state index in [1.165, 1.54) is 24.4 Å². The van der Waals surface area contributed by atoms with E-state index in [4.69, 9.17) is 22.3 Å². The number of carbonyl (C=O) groups excluding carboxylic acids is 1. The van der Waals surface area contributed by atoms with Crippen molar-refractivity contribution in [3.05, 3.63) is 52.8 Å². The zero-order valence-electron chi connectivity index (χ0n) is 10.8. The number of nitrogens with zero attached hydrogens (tertiary/aromatic N) is 1. The molecule has 1 N–H and O–H groups in total. The zero-order valence-corrected chi connectivity index (χ0v) is 13.1. The van der Waals surface area contributed by atoms with Crippen molar-refractivity contribution >= 4 is 42.9 Å². The van der Waals surface area contributed by atoms with Gasteiger partial charge in [0.05, 0.1) is 15.6 Å². The van der Waals surface area contributed by atoms with Crippen molar-refractivity contribution in [3.63, 3.8) is 0 Å². The Kier molecular flexibility index (Phi) is 4.51. The van der Waals surface area contributed by atoms with E-state index in [0.29, 0.717) is 5.56 Å². The number of aryl methyl sites for hydroxylation is 1. The van der Waals surface area contributed by atoms with Crippen molar-refractivity contribution in [1.82, 2.24) is 4.98 Å². The van der Waals surface area contributed by atoms with Crippen molar-refractivity contribution in [2.45, 2.75) is 11.8 Å². The first-order chi connectivity index (χ1) is 9.79. The first kappa shape index (κ1) is 15.8. The molecule has 0 saturated heterocycles. The minimum atomic E-state index is -3.87. The van der Waals surface area contributed by atoms with Crippen LogP contribution < -0.4 is 5.32 Å². The molecule has 21 heavy (non-hydrogen) atoms. The number of hydrogen-bond acceptors (Lipinski definition) is 4. The summed E-state index contributed by atoms with van der Waals surface area (Å²) in [4.78, 5) is 15.9. The number of carbonyl (C=O) groups is 1. The molecule has 0 aliphatic carbocycles. The number of anilines is 1. The van der Waals surface area contributed by atoms with Gasteiger partial charge >= 0.3 is 0 Å². The summed E-state index contributed by atoms with van der Waals surface area (Å²) in [7, 11) is 1.35. The average molecular weight is 345 g/mol. The van der Waals surface area contributed by atoms with E-state index in [1.54, 1.807) is 19.1 Å². The first-order valence-electron chi connectivity index (χ1n) is 5.76. The SMILES string of the molecule is Cc1cccnc1C(=O)Nc1ccc(S(=O)(=O)Cl)cc1Cl. The summed E-state index contributed by atoms with van der Waals surface area (Å²) in [6, 6.07) is 7.28. The van der Waals surface area contributed by atoms with Crippen molar-refractivity contribution in [1.29, 1.82) is 0 Å². The van der Waals surface area contributed by atoms with Gasteiger partial charge in [0.2, 0.25) is 0 Å². The van der Waals surface area contributed by atoms with E-state index < -0.39 is 15.0 Å². The Morgan fingerprint density at radius 3 is 2.57 bits per heavy atom. The number of nitrogens with one attached hydrogen (secondary N) is 1. The Morgan fingerprint density at radius 1 is 1.29 bits per heavy atom. The largest absolute Gasteiger partial charge is 0.319 e. The van der Waals surface area contributed by atoms with Gasteiger partial charge in [0.25, 0.3) is 15.0 Å². The van der Waals surface area contributed by atoms with Gasteiger partial charge in [-0.15, -0.1) is 0 Å². The summed E-state index contributed by atoms with van der Waals surface area (Å²) in [5, 5.41) is 2.64. The molecule has 0 spiro atoms. The maximum atomic E-state index is 12.1. The molecule has 0 aliphatic heterocycles. The van der Waals surface area contributed by atoms with Crippen molar-refractivity contribution < 1.29 is 13.2 Å². The van der Waals surface area contributed by atoms with Crippen LogP contribution in [-0.4, -0.2) is 19.3 Å². The second-order valence-electron chi connectivity index (χ2n) is 4.20. The molecule has 2 rings (SSSR count). The fourth-order valence-corrected chi connectivity index (χ4v) is 2.72. The van der Waals surface area contributed by atoms with Crippen LogP contribution in [0.25, 0.3) is 0 Å². The summed E-state index contributed by atoms with van der Waals surface area (Å²) in [6.07, 6.45) is 1.51. The fourth-order valence-electron chi connectivity index (χ4n) is 1.65. The molecule has 0 atom stereocenters. The third kappa shape index (κ3) is 3.72. The molecule has 0 bridgehead atoms. The molecule has 110 valence electrons. The van der Waals surface area contributed by atoms with Crippen molar-refractivity contribution in [3.8, 4) is 0 Å². The first-order valence-corrected chi connectivity index (χ1v) is 8.45. The van der Waals surface area contributed by atoms with E-state index in [1.807, 2.05) is 0 Å². The highest BCUT2D eigenvalue weighted by atomic mass is 35.7. The summed E-state index contributed by atoms with van der Waals surface area (Å²) in [6.45, 7) is 1.76. The lowest BCUT2D eigenvalue weighted by Crippen LogP contribution is -2.15. The number of pyridine rings is 1. The van der Waals surface area contributed by atoms with Gasteiger partial charge in [0.15, 0.2) is 0 Å². The van der Waals surface area contributed by atoms with Crippen molar-refractivity contribution in [2.24, 2.45) is 0 Å². The van der Waals surface area contributed by atoms with Crippen LogP contribution in [0.15, 0.2) is 41.4 Å². The lowest BCUT2D eigenvalue weighted by atomic mass is 10.2. The summed E-state index contributed by atoms with van der Waals surface area (Å²) in [5.41, 5.74) is 1.25.